The molecule has 0 saturated carbocycles. The third kappa shape index (κ3) is 4.27. The molecule has 0 spiro atoms. The molecule has 0 aliphatic carbocycles. The van der Waals surface area contributed by atoms with Crippen molar-refractivity contribution in [2.45, 2.75) is 16.9 Å². The van der Waals surface area contributed by atoms with Crippen LogP contribution in [-0.4, -0.2) is 58.1 Å². The SMILES string of the molecule is O=C(C[CH2][Po])NCCc1nn[nH]n1. The van der Waals surface area contributed by atoms with Gasteiger partial charge in [-0.05, 0) is 0 Å². The number of aromatic nitrogens is 4. The zero-order chi connectivity index (χ0) is 9.52. The van der Waals surface area contributed by atoms with Gasteiger partial charge in [-0.25, -0.2) is 0 Å². The summed E-state index contributed by atoms with van der Waals surface area (Å²) in [4.78, 5) is 11.0. The van der Waals surface area contributed by atoms with E-state index in [1.807, 2.05) is 0 Å². The van der Waals surface area contributed by atoms with Crippen LogP contribution in [0.3, 0.4) is 0 Å². The van der Waals surface area contributed by atoms with Gasteiger partial charge in [0.25, 0.3) is 0 Å². The summed E-state index contributed by atoms with van der Waals surface area (Å²) >= 11 is 1.43. The molecule has 1 heterocycles. The number of carbonyl (C=O) groups excluding carboxylic acids is 1. The van der Waals surface area contributed by atoms with Crippen LogP contribution in [-0.2, 0) is 11.2 Å². The van der Waals surface area contributed by atoms with E-state index in [0.717, 1.165) is 4.08 Å². The van der Waals surface area contributed by atoms with E-state index < -0.39 is 0 Å². The first-order chi connectivity index (χ1) is 6.33. The summed E-state index contributed by atoms with van der Waals surface area (Å²) in [5.41, 5.74) is 0. The minimum atomic E-state index is 0.0958. The number of hydrogen-bond acceptors (Lipinski definition) is 4. The number of hydrogen-bond donors (Lipinski definition) is 2. The van der Waals surface area contributed by atoms with Crippen molar-refractivity contribution in [3.05, 3.63) is 5.82 Å². The van der Waals surface area contributed by atoms with Gasteiger partial charge in [-0.2, -0.15) is 0 Å². The number of amides is 1. The summed E-state index contributed by atoms with van der Waals surface area (Å²) in [7, 11) is 0. The van der Waals surface area contributed by atoms with Crippen LogP contribution in [0.5, 0.6) is 0 Å². The van der Waals surface area contributed by atoms with Crippen molar-refractivity contribution in [3.8, 4) is 0 Å². The van der Waals surface area contributed by atoms with Crippen molar-refractivity contribution in [3.63, 3.8) is 0 Å². The average Bonchev–Trinajstić information content (AvgIpc) is 2.57. The number of nitrogens with one attached hydrogen (secondary N) is 2. The molecule has 0 aliphatic heterocycles. The molecule has 1 rings (SSSR count). The van der Waals surface area contributed by atoms with Crippen LogP contribution in [0.1, 0.15) is 12.2 Å². The van der Waals surface area contributed by atoms with E-state index in [0.29, 0.717) is 25.2 Å². The molecular weight excluding hydrogens is 367 g/mol. The molecule has 0 bridgehead atoms. The Bertz CT molecular complexity index is 250. The zero-order valence-electron chi connectivity index (χ0n) is 6.99. The number of carbonyl (C=O) groups is 1. The summed E-state index contributed by atoms with van der Waals surface area (Å²) in [5, 5.41) is 16.1. The van der Waals surface area contributed by atoms with E-state index in [4.69, 9.17) is 0 Å². The van der Waals surface area contributed by atoms with E-state index in [1.165, 1.54) is 25.1 Å². The number of tetrazole rings is 1. The molecule has 0 atom stereocenters. The maximum atomic E-state index is 11.0. The second-order valence-electron chi connectivity index (χ2n) is 2.38. The van der Waals surface area contributed by atoms with E-state index >= 15 is 0 Å². The maximum absolute atomic E-state index is 11.0. The molecule has 1 aromatic heterocycles. The van der Waals surface area contributed by atoms with E-state index in [1.54, 1.807) is 0 Å². The molecule has 1 radical (unpaired) electrons. The predicted molar refractivity (Wildman–Crippen MR) is 46.1 cm³/mol. The molecule has 13 heavy (non-hydrogen) atoms. The molecule has 71 valence electrons. The number of aromatic amines is 1. The monoisotopic (exact) mass is 377 g/mol. The van der Waals surface area contributed by atoms with Crippen molar-refractivity contribution in [1.82, 2.24) is 25.9 Å². The van der Waals surface area contributed by atoms with E-state index in [2.05, 4.69) is 25.9 Å². The molecule has 0 aromatic carbocycles. The van der Waals surface area contributed by atoms with Crippen molar-refractivity contribution in [2.75, 3.05) is 6.54 Å². The Kier molecular flexibility index (Phi) is 4.83. The molecule has 1 amide bonds. The molecule has 0 unspecified atom stereocenters. The van der Waals surface area contributed by atoms with Crippen molar-refractivity contribution in [2.24, 2.45) is 0 Å². The minimum absolute atomic E-state index is 0.0958. The summed E-state index contributed by atoms with van der Waals surface area (Å²) < 4.78 is 0.952. The number of rotatable bonds is 5. The Labute approximate surface area is 91.0 Å². The Balaban J connectivity index is 2.11. The van der Waals surface area contributed by atoms with Crippen LogP contribution in [0.2, 0.25) is 4.08 Å². The third-order valence-corrected chi connectivity index (χ3v) is 2.18. The average molecular weight is 377 g/mol. The van der Waals surface area contributed by atoms with Crippen molar-refractivity contribution < 1.29 is 4.79 Å². The second-order valence-corrected chi connectivity index (χ2v) is 3.97. The standard InChI is InChI=1S/C6H10N5O.Po/c1-2-6(12)7-4-3-5-8-10-11-9-5;/h1-4H2,(H,7,12)(H,8,9,10,11);. The fourth-order valence-corrected chi connectivity index (χ4v) is 1.50. The van der Waals surface area contributed by atoms with Crippen LogP contribution in [0, 0.1) is 0 Å². The Morgan fingerprint density at radius 3 is 3.08 bits per heavy atom. The van der Waals surface area contributed by atoms with E-state index in [-0.39, 0.29) is 5.91 Å². The van der Waals surface area contributed by atoms with Gasteiger partial charge in [-0.1, -0.05) is 0 Å². The fourth-order valence-electron chi connectivity index (χ4n) is 0.783. The van der Waals surface area contributed by atoms with Crippen LogP contribution in [0.4, 0.5) is 0 Å². The van der Waals surface area contributed by atoms with Crippen LogP contribution < -0.4 is 5.32 Å². The first-order valence-electron chi connectivity index (χ1n) is 3.90. The van der Waals surface area contributed by atoms with Gasteiger partial charge < -0.3 is 0 Å². The molecule has 2 N–H and O–H groups in total. The third-order valence-electron chi connectivity index (χ3n) is 1.39. The van der Waals surface area contributed by atoms with Crippen molar-refractivity contribution >= 4 is 31.0 Å². The van der Waals surface area contributed by atoms with Gasteiger partial charge in [0.15, 0.2) is 0 Å². The van der Waals surface area contributed by atoms with Gasteiger partial charge >= 0.3 is 91.0 Å². The summed E-state index contributed by atoms with van der Waals surface area (Å²) in [6.45, 7) is 0.577. The zero-order valence-corrected chi connectivity index (χ0v) is 10.2. The Morgan fingerprint density at radius 1 is 1.62 bits per heavy atom. The molecular formula is C6H10N5OPo. The second kappa shape index (κ2) is 5.98. The quantitative estimate of drug-likeness (QED) is 0.678. The molecule has 0 saturated heterocycles. The van der Waals surface area contributed by atoms with Gasteiger partial charge in [0, 0.05) is 0 Å². The normalized spacial score (nSPS) is 9.92. The van der Waals surface area contributed by atoms with Gasteiger partial charge in [0.05, 0.1) is 0 Å². The first kappa shape index (κ1) is 10.5. The topological polar surface area (TPSA) is 83.6 Å². The predicted octanol–water partition coefficient (Wildman–Crippen LogP) is -1.16. The first-order valence-corrected chi connectivity index (χ1v) is 6.14. The summed E-state index contributed by atoms with van der Waals surface area (Å²) in [5.74, 6) is 0.723. The fraction of sp³-hybridized carbons (Fsp3) is 0.667. The molecule has 7 heteroatoms. The van der Waals surface area contributed by atoms with Crippen LogP contribution in [0.25, 0.3) is 0 Å². The Morgan fingerprint density at radius 2 is 2.46 bits per heavy atom. The van der Waals surface area contributed by atoms with Crippen molar-refractivity contribution in [1.29, 1.82) is 0 Å². The number of H-pyrrole nitrogens is 1. The molecule has 0 fully saturated rings. The number of nitrogens with zero attached hydrogens (tertiary/aromatic N) is 3. The Hall–Kier alpha value is -0.564. The molecule has 6 nitrogen and oxygen atoms in total. The molecule has 1 aromatic rings. The van der Waals surface area contributed by atoms with Gasteiger partial charge in [0.1, 0.15) is 0 Å². The van der Waals surface area contributed by atoms with Crippen LogP contribution in [0.15, 0.2) is 0 Å². The summed E-state index contributed by atoms with van der Waals surface area (Å²) in [6.07, 6.45) is 1.24. The van der Waals surface area contributed by atoms with Gasteiger partial charge in [0.2, 0.25) is 0 Å². The van der Waals surface area contributed by atoms with E-state index in [9.17, 15) is 4.79 Å². The molecule has 0 aliphatic rings. The van der Waals surface area contributed by atoms with Gasteiger partial charge in [-0.3, -0.25) is 0 Å². The van der Waals surface area contributed by atoms with Crippen LogP contribution >= 0.6 is 0 Å². The van der Waals surface area contributed by atoms with Gasteiger partial charge in [-0.15, -0.1) is 0 Å². The summed E-state index contributed by atoms with van der Waals surface area (Å²) in [6, 6.07) is 0.